The number of benzene rings is 1. The van der Waals surface area contributed by atoms with Gasteiger partial charge in [0.1, 0.15) is 0 Å². The van der Waals surface area contributed by atoms with E-state index in [-0.39, 0.29) is 12.4 Å². The van der Waals surface area contributed by atoms with E-state index in [9.17, 15) is 5.11 Å². The normalized spacial score (nSPS) is 16.5. The highest BCUT2D eigenvalue weighted by Gasteiger charge is 2.20. The summed E-state index contributed by atoms with van der Waals surface area (Å²) in [5.74, 6) is 1.10. The van der Waals surface area contributed by atoms with Crippen LogP contribution >= 0.6 is 0 Å². The number of methoxy groups -OCH3 is 2. The number of hydrogen-bond acceptors (Lipinski definition) is 6. The van der Waals surface area contributed by atoms with Crippen LogP contribution in [0.3, 0.4) is 0 Å². The average molecular weight is 324 g/mol. The van der Waals surface area contributed by atoms with E-state index >= 15 is 0 Å². The fourth-order valence-corrected chi connectivity index (χ4v) is 2.94. The predicted octanol–water partition coefficient (Wildman–Crippen LogP) is 1.30. The summed E-state index contributed by atoms with van der Waals surface area (Å²) in [6, 6.07) is 3.73. The maximum absolute atomic E-state index is 10.4. The molecule has 1 aromatic rings. The Labute approximate surface area is 138 Å². The first kappa shape index (κ1) is 17.8. The SMILES string of the molecule is COc1ccc(CN2CCN(CCCCO)CC2)c(O)c1OC. The van der Waals surface area contributed by atoms with E-state index in [4.69, 9.17) is 14.6 Å². The lowest BCUT2D eigenvalue weighted by molar-refractivity contribution is 0.123. The van der Waals surface area contributed by atoms with E-state index in [0.29, 0.717) is 18.0 Å². The summed E-state index contributed by atoms with van der Waals surface area (Å²) < 4.78 is 10.4. The Hall–Kier alpha value is -1.50. The van der Waals surface area contributed by atoms with Crippen molar-refractivity contribution in [2.45, 2.75) is 19.4 Å². The molecule has 2 N–H and O–H groups in total. The van der Waals surface area contributed by atoms with Gasteiger partial charge in [0.2, 0.25) is 5.75 Å². The number of phenolic OH excluding ortho intramolecular Hbond substituents is 1. The Morgan fingerprint density at radius 3 is 2.30 bits per heavy atom. The molecule has 0 bridgehead atoms. The van der Waals surface area contributed by atoms with Gasteiger partial charge in [-0.2, -0.15) is 0 Å². The van der Waals surface area contributed by atoms with E-state index in [1.165, 1.54) is 7.11 Å². The molecule has 0 amide bonds. The molecule has 1 fully saturated rings. The number of nitrogens with zero attached hydrogens (tertiary/aromatic N) is 2. The maximum Gasteiger partial charge on any atom is 0.203 e. The summed E-state index contributed by atoms with van der Waals surface area (Å²) in [6.45, 7) is 6.05. The number of aliphatic hydroxyl groups excluding tert-OH is 1. The summed E-state index contributed by atoms with van der Waals surface area (Å²) in [5.41, 5.74) is 0.858. The first-order valence-electron chi connectivity index (χ1n) is 8.18. The lowest BCUT2D eigenvalue weighted by atomic mass is 10.1. The van der Waals surface area contributed by atoms with E-state index in [1.54, 1.807) is 7.11 Å². The molecule has 6 nitrogen and oxygen atoms in total. The molecule has 0 radical (unpaired) electrons. The van der Waals surface area contributed by atoms with Gasteiger partial charge in [-0.25, -0.2) is 0 Å². The number of aromatic hydroxyl groups is 1. The smallest absolute Gasteiger partial charge is 0.203 e. The van der Waals surface area contributed by atoms with Crippen LogP contribution in [-0.4, -0.2) is 73.6 Å². The second-order valence-electron chi connectivity index (χ2n) is 5.86. The number of aliphatic hydroxyl groups is 1. The average Bonchev–Trinajstić information content (AvgIpc) is 2.58. The van der Waals surface area contributed by atoms with Gasteiger partial charge in [-0.1, -0.05) is 6.07 Å². The second-order valence-corrected chi connectivity index (χ2v) is 5.86. The molecule has 1 aliphatic rings. The van der Waals surface area contributed by atoms with E-state index in [1.807, 2.05) is 12.1 Å². The van der Waals surface area contributed by atoms with Crippen molar-refractivity contribution in [2.24, 2.45) is 0 Å². The molecule has 0 unspecified atom stereocenters. The van der Waals surface area contributed by atoms with Crippen LogP contribution in [-0.2, 0) is 6.54 Å². The molecule has 1 aliphatic heterocycles. The predicted molar refractivity (Wildman–Crippen MR) is 89.2 cm³/mol. The number of rotatable bonds is 8. The summed E-state index contributed by atoms with van der Waals surface area (Å²) in [7, 11) is 3.10. The number of phenols is 1. The number of ether oxygens (including phenoxy) is 2. The van der Waals surface area contributed by atoms with Gasteiger partial charge in [-0.05, 0) is 25.5 Å². The molecule has 0 saturated carbocycles. The molecule has 130 valence electrons. The van der Waals surface area contributed by atoms with E-state index in [0.717, 1.165) is 51.1 Å². The number of piperazine rings is 1. The molecule has 0 spiro atoms. The van der Waals surface area contributed by atoms with Crippen molar-refractivity contribution in [3.63, 3.8) is 0 Å². The van der Waals surface area contributed by atoms with Gasteiger partial charge >= 0.3 is 0 Å². The Balaban J connectivity index is 1.89. The van der Waals surface area contributed by atoms with Crippen LogP contribution < -0.4 is 9.47 Å². The first-order chi connectivity index (χ1) is 11.2. The molecular weight excluding hydrogens is 296 g/mol. The van der Waals surface area contributed by atoms with Gasteiger partial charge in [0.15, 0.2) is 11.5 Å². The lowest BCUT2D eigenvalue weighted by Gasteiger charge is -2.34. The van der Waals surface area contributed by atoms with Crippen LogP contribution in [0.1, 0.15) is 18.4 Å². The van der Waals surface area contributed by atoms with Crippen molar-refractivity contribution < 1.29 is 19.7 Å². The molecule has 0 aliphatic carbocycles. The highest BCUT2D eigenvalue weighted by molar-refractivity contribution is 5.54. The monoisotopic (exact) mass is 324 g/mol. The number of hydrogen-bond donors (Lipinski definition) is 2. The standard InChI is InChI=1S/C17H28N2O4/c1-22-15-6-5-14(16(21)17(15)23-2)13-19-10-8-18(9-11-19)7-3-4-12-20/h5-6,20-21H,3-4,7-13H2,1-2H3. The van der Waals surface area contributed by atoms with Crippen LogP contribution in [0.15, 0.2) is 12.1 Å². The minimum atomic E-state index is 0.164. The Morgan fingerprint density at radius 1 is 1.00 bits per heavy atom. The first-order valence-corrected chi connectivity index (χ1v) is 8.18. The summed E-state index contributed by atoms with van der Waals surface area (Å²) in [5, 5.41) is 19.2. The summed E-state index contributed by atoms with van der Waals surface area (Å²) >= 11 is 0. The highest BCUT2D eigenvalue weighted by Crippen LogP contribution is 2.39. The van der Waals surface area contributed by atoms with Gasteiger partial charge < -0.3 is 24.6 Å². The molecule has 2 rings (SSSR count). The molecule has 1 heterocycles. The van der Waals surface area contributed by atoms with Crippen LogP contribution in [0.25, 0.3) is 0 Å². The van der Waals surface area contributed by atoms with Gasteiger partial charge in [-0.3, -0.25) is 4.90 Å². The molecular formula is C17H28N2O4. The zero-order valence-corrected chi connectivity index (χ0v) is 14.1. The van der Waals surface area contributed by atoms with Crippen LogP contribution in [0.2, 0.25) is 0 Å². The third kappa shape index (κ3) is 4.73. The van der Waals surface area contributed by atoms with Crippen molar-refractivity contribution in [1.82, 2.24) is 9.80 Å². The minimum absolute atomic E-state index is 0.164. The fraction of sp³-hybridized carbons (Fsp3) is 0.647. The largest absolute Gasteiger partial charge is 0.504 e. The van der Waals surface area contributed by atoms with Gasteiger partial charge in [0, 0.05) is 44.9 Å². The number of unbranched alkanes of at least 4 members (excludes halogenated alkanes) is 1. The van der Waals surface area contributed by atoms with Crippen molar-refractivity contribution in [2.75, 3.05) is 53.6 Å². The van der Waals surface area contributed by atoms with E-state index < -0.39 is 0 Å². The molecule has 1 aromatic carbocycles. The lowest BCUT2D eigenvalue weighted by Crippen LogP contribution is -2.46. The highest BCUT2D eigenvalue weighted by atomic mass is 16.5. The van der Waals surface area contributed by atoms with Crippen molar-refractivity contribution in [1.29, 1.82) is 0 Å². The molecule has 1 saturated heterocycles. The molecule has 23 heavy (non-hydrogen) atoms. The van der Waals surface area contributed by atoms with Crippen LogP contribution in [0, 0.1) is 0 Å². The third-order valence-electron chi connectivity index (χ3n) is 4.34. The summed E-state index contributed by atoms with van der Waals surface area (Å²) in [4.78, 5) is 4.77. The van der Waals surface area contributed by atoms with Gasteiger partial charge in [0.25, 0.3) is 0 Å². The molecule has 0 atom stereocenters. The van der Waals surface area contributed by atoms with Crippen LogP contribution in [0.4, 0.5) is 0 Å². The zero-order valence-electron chi connectivity index (χ0n) is 14.1. The van der Waals surface area contributed by atoms with Crippen LogP contribution in [0.5, 0.6) is 17.2 Å². The van der Waals surface area contributed by atoms with Crippen molar-refractivity contribution >= 4 is 0 Å². The van der Waals surface area contributed by atoms with Gasteiger partial charge in [0.05, 0.1) is 14.2 Å². The quantitative estimate of drug-likeness (QED) is 0.703. The Morgan fingerprint density at radius 2 is 1.70 bits per heavy atom. The molecule has 6 heteroatoms. The topological polar surface area (TPSA) is 65.4 Å². The third-order valence-corrected chi connectivity index (χ3v) is 4.34. The minimum Gasteiger partial charge on any atom is -0.504 e. The zero-order chi connectivity index (χ0) is 16.7. The maximum atomic E-state index is 10.4. The molecule has 0 aromatic heterocycles. The fourth-order valence-electron chi connectivity index (χ4n) is 2.94. The Bertz CT molecular complexity index is 488. The van der Waals surface area contributed by atoms with Crippen molar-refractivity contribution in [3.05, 3.63) is 17.7 Å². The van der Waals surface area contributed by atoms with Gasteiger partial charge in [-0.15, -0.1) is 0 Å². The summed E-state index contributed by atoms with van der Waals surface area (Å²) in [6.07, 6.45) is 1.92. The Kier molecular flexibility index (Phi) is 6.95. The second kappa shape index (κ2) is 8.96. The van der Waals surface area contributed by atoms with Crippen molar-refractivity contribution in [3.8, 4) is 17.2 Å². The van der Waals surface area contributed by atoms with E-state index in [2.05, 4.69) is 9.80 Å².